The minimum absolute atomic E-state index is 0.102. The number of para-hydroxylation sites is 1. The van der Waals surface area contributed by atoms with Gasteiger partial charge in [-0.3, -0.25) is 0 Å². The van der Waals surface area contributed by atoms with E-state index < -0.39 is 5.97 Å². The van der Waals surface area contributed by atoms with E-state index in [9.17, 15) is 4.79 Å². The maximum atomic E-state index is 11.0. The Labute approximate surface area is 135 Å². The first-order valence-electron chi connectivity index (χ1n) is 8.11. The summed E-state index contributed by atoms with van der Waals surface area (Å²) >= 11 is 0. The first-order valence-corrected chi connectivity index (χ1v) is 8.11. The molecule has 1 N–H and O–H groups in total. The van der Waals surface area contributed by atoms with E-state index in [1.54, 1.807) is 0 Å². The molecule has 1 aliphatic carbocycles. The maximum absolute atomic E-state index is 11.0. The number of benzene rings is 1. The SMILES string of the molecule is CC(Oc1ccccc1-c1cc(C(=O)O)no1)C1CCCCC1. The third-order valence-electron chi connectivity index (χ3n) is 4.51. The number of ether oxygens (including phenoxy) is 1. The fraction of sp³-hybridized carbons (Fsp3) is 0.444. The molecule has 1 unspecified atom stereocenters. The summed E-state index contributed by atoms with van der Waals surface area (Å²) in [5.74, 6) is 0.586. The smallest absolute Gasteiger partial charge is 0.358 e. The Hall–Kier alpha value is -2.30. The summed E-state index contributed by atoms with van der Waals surface area (Å²) in [6.07, 6.45) is 6.38. The van der Waals surface area contributed by atoms with Crippen LogP contribution in [0.5, 0.6) is 5.75 Å². The first-order chi connectivity index (χ1) is 11.1. The van der Waals surface area contributed by atoms with Crippen molar-refractivity contribution in [2.75, 3.05) is 0 Å². The van der Waals surface area contributed by atoms with Crippen LogP contribution in [-0.2, 0) is 0 Å². The lowest BCUT2D eigenvalue weighted by Crippen LogP contribution is -2.25. The summed E-state index contributed by atoms with van der Waals surface area (Å²) in [4.78, 5) is 11.0. The minimum atomic E-state index is -1.10. The lowest BCUT2D eigenvalue weighted by atomic mass is 9.86. The molecule has 0 spiro atoms. The van der Waals surface area contributed by atoms with E-state index in [1.807, 2.05) is 24.3 Å². The Balaban J connectivity index is 1.80. The Bertz CT molecular complexity index is 673. The summed E-state index contributed by atoms with van der Waals surface area (Å²) in [6, 6.07) is 8.94. The predicted octanol–water partition coefficient (Wildman–Crippen LogP) is 4.39. The van der Waals surface area contributed by atoms with Gasteiger partial charge in [0.05, 0.1) is 11.7 Å². The van der Waals surface area contributed by atoms with Crippen molar-refractivity contribution in [3.8, 4) is 17.1 Å². The van der Waals surface area contributed by atoms with Gasteiger partial charge in [0.1, 0.15) is 5.75 Å². The molecular formula is C18H21NO4. The van der Waals surface area contributed by atoms with E-state index in [2.05, 4.69) is 12.1 Å². The van der Waals surface area contributed by atoms with Crippen LogP contribution in [-0.4, -0.2) is 22.3 Å². The van der Waals surface area contributed by atoms with Crippen LogP contribution < -0.4 is 4.74 Å². The fourth-order valence-electron chi connectivity index (χ4n) is 3.18. The van der Waals surface area contributed by atoms with Crippen molar-refractivity contribution in [1.29, 1.82) is 0 Å². The molecule has 1 aromatic heterocycles. The van der Waals surface area contributed by atoms with E-state index in [4.69, 9.17) is 14.4 Å². The molecular weight excluding hydrogens is 294 g/mol. The molecule has 2 aromatic rings. The number of rotatable bonds is 5. The van der Waals surface area contributed by atoms with Crippen molar-refractivity contribution in [3.63, 3.8) is 0 Å². The molecule has 1 aliphatic rings. The lowest BCUT2D eigenvalue weighted by molar-refractivity contribution is 0.0686. The highest BCUT2D eigenvalue weighted by Crippen LogP contribution is 2.34. The number of carboxylic acid groups (broad SMARTS) is 1. The summed E-state index contributed by atoms with van der Waals surface area (Å²) < 4.78 is 11.3. The van der Waals surface area contributed by atoms with Gasteiger partial charge >= 0.3 is 5.97 Å². The van der Waals surface area contributed by atoms with Crippen molar-refractivity contribution in [2.24, 2.45) is 5.92 Å². The van der Waals surface area contributed by atoms with E-state index in [0.717, 1.165) is 5.56 Å². The first kappa shape index (κ1) is 15.6. The zero-order valence-corrected chi connectivity index (χ0v) is 13.2. The Morgan fingerprint density at radius 1 is 1.30 bits per heavy atom. The van der Waals surface area contributed by atoms with E-state index in [0.29, 0.717) is 17.4 Å². The molecule has 5 nitrogen and oxygen atoms in total. The summed E-state index contributed by atoms with van der Waals surface area (Å²) in [5.41, 5.74) is 0.630. The highest BCUT2D eigenvalue weighted by Gasteiger charge is 2.23. The summed E-state index contributed by atoms with van der Waals surface area (Å²) in [5, 5.41) is 12.5. The molecule has 1 heterocycles. The molecule has 1 saturated carbocycles. The molecule has 0 bridgehead atoms. The van der Waals surface area contributed by atoms with Gasteiger partial charge < -0.3 is 14.4 Å². The molecule has 1 fully saturated rings. The minimum Gasteiger partial charge on any atom is -0.490 e. The van der Waals surface area contributed by atoms with Gasteiger partial charge in [0, 0.05) is 6.07 Å². The zero-order chi connectivity index (χ0) is 16.2. The van der Waals surface area contributed by atoms with Gasteiger partial charge in [-0.15, -0.1) is 0 Å². The van der Waals surface area contributed by atoms with Crippen molar-refractivity contribution in [1.82, 2.24) is 5.16 Å². The van der Waals surface area contributed by atoms with Crippen LogP contribution in [0.15, 0.2) is 34.9 Å². The molecule has 0 amide bonds. The van der Waals surface area contributed by atoms with Crippen LogP contribution in [0, 0.1) is 5.92 Å². The number of aromatic nitrogens is 1. The number of carbonyl (C=O) groups is 1. The normalized spacial score (nSPS) is 16.9. The third kappa shape index (κ3) is 3.55. The average molecular weight is 315 g/mol. The van der Waals surface area contributed by atoms with Crippen molar-refractivity contribution in [2.45, 2.75) is 45.1 Å². The number of carboxylic acids is 1. The molecule has 23 heavy (non-hydrogen) atoms. The Kier molecular flexibility index (Phi) is 4.65. The lowest BCUT2D eigenvalue weighted by Gasteiger charge is -2.28. The average Bonchev–Trinajstić information content (AvgIpc) is 3.06. The van der Waals surface area contributed by atoms with Crippen LogP contribution in [0.3, 0.4) is 0 Å². The van der Waals surface area contributed by atoms with Crippen molar-refractivity contribution in [3.05, 3.63) is 36.0 Å². The molecule has 1 aromatic carbocycles. The van der Waals surface area contributed by atoms with Gasteiger partial charge in [-0.05, 0) is 37.8 Å². The summed E-state index contributed by atoms with van der Waals surface area (Å²) in [7, 11) is 0. The van der Waals surface area contributed by atoms with Gasteiger partial charge in [-0.1, -0.05) is 36.6 Å². The topological polar surface area (TPSA) is 72.6 Å². The molecule has 1 atom stereocenters. The van der Waals surface area contributed by atoms with Crippen molar-refractivity contribution < 1.29 is 19.2 Å². The highest BCUT2D eigenvalue weighted by molar-refractivity contribution is 5.86. The Morgan fingerprint density at radius 3 is 2.74 bits per heavy atom. The van der Waals surface area contributed by atoms with Crippen molar-refractivity contribution >= 4 is 5.97 Å². The third-order valence-corrected chi connectivity index (χ3v) is 4.51. The summed E-state index contributed by atoms with van der Waals surface area (Å²) in [6.45, 7) is 2.11. The quantitative estimate of drug-likeness (QED) is 0.886. The standard InChI is InChI=1S/C18H21NO4/c1-12(13-7-3-2-4-8-13)22-16-10-6-5-9-14(16)17-11-15(18(20)21)19-23-17/h5-6,9-13H,2-4,7-8H2,1H3,(H,20,21). The monoisotopic (exact) mass is 315 g/mol. The second kappa shape index (κ2) is 6.86. The highest BCUT2D eigenvalue weighted by atomic mass is 16.5. The Morgan fingerprint density at radius 2 is 2.04 bits per heavy atom. The molecule has 122 valence electrons. The van der Waals surface area contributed by atoms with Gasteiger partial charge in [-0.25, -0.2) is 4.79 Å². The fourth-order valence-corrected chi connectivity index (χ4v) is 3.18. The van der Waals surface area contributed by atoms with Crippen LogP contribution >= 0.6 is 0 Å². The van der Waals surface area contributed by atoms with E-state index in [1.165, 1.54) is 38.2 Å². The predicted molar refractivity (Wildman–Crippen MR) is 85.6 cm³/mol. The number of hydrogen-bond acceptors (Lipinski definition) is 4. The van der Waals surface area contributed by atoms with E-state index in [-0.39, 0.29) is 11.8 Å². The van der Waals surface area contributed by atoms with Gasteiger partial charge in [-0.2, -0.15) is 0 Å². The largest absolute Gasteiger partial charge is 0.490 e. The molecule has 0 saturated heterocycles. The van der Waals surface area contributed by atoms with Gasteiger partial charge in [0.15, 0.2) is 11.5 Å². The van der Waals surface area contributed by atoms with Crippen LogP contribution in [0.4, 0.5) is 0 Å². The zero-order valence-electron chi connectivity index (χ0n) is 13.2. The van der Waals surface area contributed by atoms with Crippen LogP contribution in [0.2, 0.25) is 0 Å². The number of nitrogens with zero attached hydrogens (tertiary/aromatic N) is 1. The molecule has 0 radical (unpaired) electrons. The molecule has 5 heteroatoms. The maximum Gasteiger partial charge on any atom is 0.358 e. The second-order valence-corrected chi connectivity index (χ2v) is 6.10. The number of aromatic carboxylic acids is 1. The van der Waals surface area contributed by atoms with Crippen LogP contribution in [0.25, 0.3) is 11.3 Å². The van der Waals surface area contributed by atoms with E-state index >= 15 is 0 Å². The molecule has 0 aliphatic heterocycles. The number of hydrogen-bond donors (Lipinski definition) is 1. The second-order valence-electron chi connectivity index (χ2n) is 6.10. The molecule has 3 rings (SSSR count). The van der Waals surface area contributed by atoms with Gasteiger partial charge in [0.2, 0.25) is 0 Å². The van der Waals surface area contributed by atoms with Crippen LogP contribution in [0.1, 0.15) is 49.5 Å². The van der Waals surface area contributed by atoms with Gasteiger partial charge in [0.25, 0.3) is 0 Å².